The van der Waals surface area contributed by atoms with E-state index in [1.807, 2.05) is 4.90 Å². The van der Waals surface area contributed by atoms with E-state index in [1.54, 1.807) is 0 Å². The molecule has 1 saturated carbocycles. The Morgan fingerprint density at radius 1 is 1.14 bits per heavy atom. The molecule has 0 atom stereocenters. The lowest BCUT2D eigenvalue weighted by atomic mass is 9.79. The van der Waals surface area contributed by atoms with E-state index in [0.717, 1.165) is 19.6 Å². The van der Waals surface area contributed by atoms with Crippen molar-refractivity contribution >= 4 is 5.91 Å². The molecule has 0 aromatic rings. The van der Waals surface area contributed by atoms with E-state index >= 15 is 0 Å². The summed E-state index contributed by atoms with van der Waals surface area (Å²) < 4.78 is 0. The summed E-state index contributed by atoms with van der Waals surface area (Å²) in [6.45, 7) is 12.1. The second kappa shape index (κ2) is 7.10. The first-order valence-electron chi connectivity index (χ1n) is 8.73. The van der Waals surface area contributed by atoms with E-state index in [-0.39, 0.29) is 17.6 Å². The molecular formula is C17H33N3O. The molecule has 1 spiro atoms. The normalized spacial score (nSPS) is 23.0. The molecule has 21 heavy (non-hydrogen) atoms. The molecule has 4 heteroatoms. The Balaban J connectivity index is 2.06. The maximum Gasteiger partial charge on any atom is 0.237 e. The smallest absolute Gasteiger partial charge is 0.237 e. The van der Waals surface area contributed by atoms with Crippen molar-refractivity contribution in [1.29, 1.82) is 0 Å². The molecule has 1 heterocycles. The zero-order valence-electron chi connectivity index (χ0n) is 14.3. The fraction of sp³-hybridized carbons (Fsp3) is 0.941. The van der Waals surface area contributed by atoms with Crippen LogP contribution in [-0.4, -0.2) is 59.5 Å². The Labute approximate surface area is 130 Å². The number of nitrogens with one attached hydrogen (secondary N) is 1. The third kappa shape index (κ3) is 3.78. The molecule has 1 aliphatic carbocycles. The minimum Gasteiger partial charge on any atom is -0.337 e. The van der Waals surface area contributed by atoms with Gasteiger partial charge in [0.05, 0.1) is 6.54 Å². The molecule has 1 amide bonds. The third-order valence-corrected chi connectivity index (χ3v) is 5.19. The minimum absolute atomic E-state index is 0.242. The lowest BCUT2D eigenvalue weighted by molar-refractivity contribution is -0.138. The van der Waals surface area contributed by atoms with Gasteiger partial charge in [0.15, 0.2) is 0 Å². The van der Waals surface area contributed by atoms with Gasteiger partial charge in [-0.2, -0.15) is 0 Å². The molecule has 1 saturated heterocycles. The maximum absolute atomic E-state index is 12.8. The van der Waals surface area contributed by atoms with Crippen molar-refractivity contribution in [2.75, 3.05) is 26.2 Å². The summed E-state index contributed by atoms with van der Waals surface area (Å²) in [6.07, 6.45) is 6.47. The van der Waals surface area contributed by atoms with Crippen LogP contribution < -0.4 is 5.32 Å². The van der Waals surface area contributed by atoms with Gasteiger partial charge in [-0.15, -0.1) is 0 Å². The molecule has 0 unspecified atom stereocenters. The van der Waals surface area contributed by atoms with Crippen LogP contribution in [0.5, 0.6) is 0 Å². The van der Waals surface area contributed by atoms with Crippen molar-refractivity contribution in [2.24, 2.45) is 0 Å². The molecule has 0 aromatic carbocycles. The van der Waals surface area contributed by atoms with Crippen molar-refractivity contribution in [3.8, 4) is 0 Å². The van der Waals surface area contributed by atoms with Crippen LogP contribution in [0, 0.1) is 0 Å². The predicted molar refractivity (Wildman–Crippen MR) is 87.4 cm³/mol. The van der Waals surface area contributed by atoms with Gasteiger partial charge in [-0.05, 0) is 40.5 Å². The van der Waals surface area contributed by atoms with Crippen molar-refractivity contribution in [3.63, 3.8) is 0 Å². The Kier molecular flexibility index (Phi) is 5.67. The zero-order chi connectivity index (χ0) is 15.5. The number of carbonyl (C=O) groups is 1. The monoisotopic (exact) mass is 295 g/mol. The van der Waals surface area contributed by atoms with Crippen LogP contribution in [0.15, 0.2) is 0 Å². The van der Waals surface area contributed by atoms with Crippen molar-refractivity contribution in [1.82, 2.24) is 15.1 Å². The lowest BCUT2D eigenvalue weighted by Gasteiger charge is -2.50. The quantitative estimate of drug-likeness (QED) is 0.864. The highest BCUT2D eigenvalue weighted by Crippen LogP contribution is 2.34. The van der Waals surface area contributed by atoms with Crippen LogP contribution in [0.3, 0.4) is 0 Å². The van der Waals surface area contributed by atoms with Crippen LogP contribution in [0.4, 0.5) is 0 Å². The minimum atomic E-state index is 0.242. The second-order valence-corrected chi connectivity index (χ2v) is 7.37. The van der Waals surface area contributed by atoms with Crippen LogP contribution in [0.25, 0.3) is 0 Å². The number of hydrogen-bond acceptors (Lipinski definition) is 3. The van der Waals surface area contributed by atoms with Crippen LogP contribution in [0.1, 0.15) is 59.8 Å². The lowest BCUT2D eigenvalue weighted by Crippen LogP contribution is -2.64. The van der Waals surface area contributed by atoms with E-state index in [2.05, 4.69) is 37.9 Å². The van der Waals surface area contributed by atoms with Gasteiger partial charge >= 0.3 is 0 Å². The van der Waals surface area contributed by atoms with E-state index < -0.39 is 0 Å². The number of piperazine rings is 1. The van der Waals surface area contributed by atoms with Crippen LogP contribution in [-0.2, 0) is 4.79 Å². The summed E-state index contributed by atoms with van der Waals surface area (Å²) in [5, 5.41) is 3.56. The van der Waals surface area contributed by atoms with Crippen LogP contribution >= 0.6 is 0 Å². The topological polar surface area (TPSA) is 35.6 Å². The van der Waals surface area contributed by atoms with Gasteiger partial charge in [0.25, 0.3) is 0 Å². The van der Waals surface area contributed by atoms with Gasteiger partial charge in [-0.3, -0.25) is 9.69 Å². The summed E-state index contributed by atoms with van der Waals surface area (Å²) in [5.41, 5.74) is 0.242. The standard InChI is InChI=1S/C17H33N3O/c1-14(2)20(15(3)4)16(21)12-19-11-10-18-13-17(19)8-6-5-7-9-17/h14-15,18H,5-13H2,1-4H3. The molecule has 4 nitrogen and oxygen atoms in total. The average molecular weight is 295 g/mol. The summed E-state index contributed by atoms with van der Waals surface area (Å²) in [6, 6.07) is 0.561. The molecular weight excluding hydrogens is 262 g/mol. The molecule has 1 N–H and O–H groups in total. The largest absolute Gasteiger partial charge is 0.337 e. The van der Waals surface area contributed by atoms with Gasteiger partial charge in [0, 0.05) is 37.3 Å². The fourth-order valence-corrected chi connectivity index (χ4v) is 4.25. The zero-order valence-corrected chi connectivity index (χ0v) is 14.3. The highest BCUT2D eigenvalue weighted by Gasteiger charge is 2.41. The Morgan fingerprint density at radius 3 is 2.33 bits per heavy atom. The van der Waals surface area contributed by atoms with Gasteiger partial charge in [0.2, 0.25) is 5.91 Å². The molecule has 2 aliphatic rings. The number of rotatable bonds is 4. The first-order chi connectivity index (χ1) is 9.96. The second-order valence-electron chi connectivity index (χ2n) is 7.37. The summed E-state index contributed by atoms with van der Waals surface area (Å²) in [7, 11) is 0. The van der Waals surface area contributed by atoms with E-state index in [0.29, 0.717) is 12.5 Å². The van der Waals surface area contributed by atoms with Crippen molar-refractivity contribution in [3.05, 3.63) is 0 Å². The van der Waals surface area contributed by atoms with Gasteiger partial charge in [0.1, 0.15) is 0 Å². The highest BCUT2D eigenvalue weighted by atomic mass is 16.2. The van der Waals surface area contributed by atoms with Crippen LogP contribution in [0.2, 0.25) is 0 Å². The Morgan fingerprint density at radius 2 is 1.76 bits per heavy atom. The molecule has 122 valence electrons. The first-order valence-corrected chi connectivity index (χ1v) is 8.73. The van der Waals surface area contributed by atoms with Gasteiger partial charge < -0.3 is 10.2 Å². The maximum atomic E-state index is 12.8. The van der Waals surface area contributed by atoms with Crippen molar-refractivity contribution < 1.29 is 4.79 Å². The fourth-order valence-electron chi connectivity index (χ4n) is 4.25. The summed E-state index contributed by atoms with van der Waals surface area (Å²) in [5.74, 6) is 0.298. The number of hydrogen-bond donors (Lipinski definition) is 1. The molecule has 1 aliphatic heterocycles. The van der Waals surface area contributed by atoms with Gasteiger partial charge in [-0.1, -0.05) is 19.3 Å². The molecule has 0 bridgehead atoms. The van der Waals surface area contributed by atoms with Crippen molar-refractivity contribution in [2.45, 2.75) is 77.4 Å². The molecule has 2 rings (SSSR count). The van der Waals surface area contributed by atoms with E-state index in [9.17, 15) is 4.79 Å². The highest BCUT2D eigenvalue weighted by molar-refractivity contribution is 5.79. The SMILES string of the molecule is CC(C)N(C(=O)CN1CCNCC12CCCCC2)C(C)C. The molecule has 0 radical (unpaired) electrons. The van der Waals surface area contributed by atoms with E-state index in [1.165, 1.54) is 32.1 Å². The number of amides is 1. The third-order valence-electron chi connectivity index (χ3n) is 5.19. The average Bonchev–Trinajstić information content (AvgIpc) is 2.41. The number of nitrogens with zero attached hydrogens (tertiary/aromatic N) is 2. The molecule has 2 fully saturated rings. The summed E-state index contributed by atoms with van der Waals surface area (Å²) >= 11 is 0. The predicted octanol–water partition coefficient (Wildman–Crippen LogP) is 2.24. The van der Waals surface area contributed by atoms with Gasteiger partial charge in [-0.25, -0.2) is 0 Å². The Bertz CT molecular complexity index is 332. The number of carbonyl (C=O) groups excluding carboxylic acids is 1. The first kappa shape index (κ1) is 16.8. The Hall–Kier alpha value is -0.610. The van der Waals surface area contributed by atoms with E-state index in [4.69, 9.17) is 0 Å². The summed E-state index contributed by atoms with van der Waals surface area (Å²) in [4.78, 5) is 17.3. The molecule has 0 aromatic heterocycles.